The van der Waals surface area contributed by atoms with Gasteiger partial charge in [-0.05, 0) is 60.6 Å². The number of hydrogen-bond acceptors (Lipinski definition) is 0. The van der Waals surface area contributed by atoms with Gasteiger partial charge >= 0.3 is 0 Å². The normalized spacial score (nSPS) is 20.3. The van der Waals surface area contributed by atoms with Gasteiger partial charge in [-0.3, -0.25) is 0 Å². The molecule has 0 amide bonds. The number of halogens is 2. The average Bonchev–Trinajstić information content (AvgIpc) is 2.70. The van der Waals surface area contributed by atoms with Crippen molar-refractivity contribution in [3.8, 4) is 0 Å². The van der Waals surface area contributed by atoms with E-state index in [0.29, 0.717) is 11.5 Å². The Labute approximate surface area is 169 Å². The van der Waals surface area contributed by atoms with Gasteiger partial charge in [0.15, 0.2) is 0 Å². The van der Waals surface area contributed by atoms with Crippen LogP contribution in [0, 0.1) is 5.92 Å². The van der Waals surface area contributed by atoms with Crippen LogP contribution >= 0.6 is 0 Å². The van der Waals surface area contributed by atoms with E-state index in [2.05, 4.69) is 13.8 Å². The van der Waals surface area contributed by atoms with Crippen LogP contribution < -0.4 is 0 Å². The van der Waals surface area contributed by atoms with E-state index >= 15 is 0 Å². The molecule has 0 N–H and O–H groups in total. The van der Waals surface area contributed by atoms with E-state index < -0.39 is 5.92 Å². The van der Waals surface area contributed by atoms with Crippen molar-refractivity contribution in [2.24, 2.45) is 5.92 Å². The van der Waals surface area contributed by atoms with Crippen LogP contribution in [-0.4, -0.2) is 0 Å². The Kier molecular flexibility index (Phi) is 7.26. The molecule has 0 aliphatic heterocycles. The topological polar surface area (TPSA) is 0 Å². The highest BCUT2D eigenvalue weighted by atomic mass is 19.3. The highest BCUT2D eigenvalue weighted by Crippen LogP contribution is 2.39. The Balaban J connectivity index is 1.61. The zero-order chi connectivity index (χ0) is 20.0. The minimum Gasteiger partial charge on any atom is -0.201 e. The van der Waals surface area contributed by atoms with E-state index in [1.54, 1.807) is 12.1 Å². The maximum absolute atomic E-state index is 14.8. The van der Waals surface area contributed by atoms with Crippen molar-refractivity contribution < 1.29 is 8.78 Å². The number of hydrogen-bond donors (Lipinski definition) is 0. The van der Waals surface area contributed by atoms with Crippen LogP contribution in [0.4, 0.5) is 8.78 Å². The quantitative estimate of drug-likeness (QED) is 0.432. The van der Waals surface area contributed by atoms with Crippen molar-refractivity contribution >= 4 is 0 Å². The lowest BCUT2D eigenvalue weighted by Crippen LogP contribution is -2.17. The smallest absolute Gasteiger partial charge is 0.201 e. The van der Waals surface area contributed by atoms with Gasteiger partial charge in [-0.15, -0.1) is 0 Å². The SMILES string of the molecule is CCCc1ccc(CC(F)(F)c2ccc(C3CCC(CCC)CC3)cc2)cc1. The monoisotopic (exact) mass is 384 g/mol. The zero-order valence-corrected chi connectivity index (χ0v) is 17.4. The van der Waals surface area contributed by atoms with E-state index in [0.717, 1.165) is 18.8 Å². The summed E-state index contributed by atoms with van der Waals surface area (Å²) in [6.45, 7) is 4.38. The van der Waals surface area contributed by atoms with Gasteiger partial charge in [-0.2, -0.15) is 0 Å². The van der Waals surface area contributed by atoms with E-state index in [1.165, 1.54) is 49.7 Å². The molecule has 0 bridgehead atoms. The lowest BCUT2D eigenvalue weighted by atomic mass is 9.77. The molecule has 0 radical (unpaired) electrons. The van der Waals surface area contributed by atoms with Crippen molar-refractivity contribution in [1.29, 1.82) is 0 Å². The second-order valence-corrected chi connectivity index (χ2v) is 8.58. The van der Waals surface area contributed by atoms with E-state index in [4.69, 9.17) is 0 Å². The minimum atomic E-state index is -2.83. The van der Waals surface area contributed by atoms with Gasteiger partial charge in [0.25, 0.3) is 5.92 Å². The molecule has 2 heteroatoms. The van der Waals surface area contributed by atoms with E-state index in [1.807, 2.05) is 36.4 Å². The largest absolute Gasteiger partial charge is 0.277 e. The fourth-order valence-electron chi connectivity index (χ4n) is 4.66. The first-order valence-electron chi connectivity index (χ1n) is 11.1. The molecule has 0 spiro atoms. The molecule has 28 heavy (non-hydrogen) atoms. The molecule has 2 aromatic carbocycles. The Bertz CT molecular complexity index is 707. The molecule has 0 aromatic heterocycles. The third-order valence-corrected chi connectivity index (χ3v) is 6.34. The molecule has 1 fully saturated rings. The zero-order valence-electron chi connectivity index (χ0n) is 17.4. The fraction of sp³-hybridized carbons (Fsp3) is 0.538. The Morgan fingerprint density at radius 1 is 0.786 bits per heavy atom. The molecule has 0 saturated heterocycles. The summed E-state index contributed by atoms with van der Waals surface area (Å²) in [4.78, 5) is 0. The molecule has 1 saturated carbocycles. The third-order valence-electron chi connectivity index (χ3n) is 6.34. The summed E-state index contributed by atoms with van der Waals surface area (Å²) in [6.07, 6.45) is 9.39. The average molecular weight is 385 g/mol. The number of aryl methyl sites for hydroxylation is 1. The van der Waals surface area contributed by atoms with Crippen LogP contribution in [0.5, 0.6) is 0 Å². The van der Waals surface area contributed by atoms with Crippen LogP contribution in [0.3, 0.4) is 0 Å². The van der Waals surface area contributed by atoms with Crippen LogP contribution in [0.2, 0.25) is 0 Å². The predicted octanol–water partition coefficient (Wildman–Crippen LogP) is 8.05. The van der Waals surface area contributed by atoms with Crippen molar-refractivity contribution in [2.75, 3.05) is 0 Å². The van der Waals surface area contributed by atoms with Crippen LogP contribution in [-0.2, 0) is 18.8 Å². The van der Waals surface area contributed by atoms with Crippen LogP contribution in [0.15, 0.2) is 48.5 Å². The van der Waals surface area contributed by atoms with Crippen molar-refractivity contribution in [3.63, 3.8) is 0 Å². The van der Waals surface area contributed by atoms with E-state index in [9.17, 15) is 8.78 Å². The first kappa shape index (κ1) is 21.0. The maximum Gasteiger partial charge on any atom is 0.277 e. The molecule has 3 rings (SSSR count). The van der Waals surface area contributed by atoms with Crippen LogP contribution in [0.25, 0.3) is 0 Å². The molecule has 0 nitrogen and oxygen atoms in total. The van der Waals surface area contributed by atoms with Crippen molar-refractivity contribution in [2.45, 2.75) is 83.5 Å². The minimum absolute atomic E-state index is 0.133. The molecule has 152 valence electrons. The molecule has 0 unspecified atom stereocenters. The summed E-state index contributed by atoms with van der Waals surface area (Å²) in [7, 11) is 0. The van der Waals surface area contributed by atoms with E-state index in [-0.39, 0.29) is 12.0 Å². The van der Waals surface area contributed by atoms with Gasteiger partial charge in [0.05, 0.1) is 0 Å². The summed E-state index contributed by atoms with van der Waals surface area (Å²) in [5, 5.41) is 0. The summed E-state index contributed by atoms with van der Waals surface area (Å²) in [5.41, 5.74) is 3.28. The molecule has 1 aliphatic rings. The van der Waals surface area contributed by atoms with Gasteiger partial charge in [0.1, 0.15) is 0 Å². The van der Waals surface area contributed by atoms with Crippen molar-refractivity contribution in [1.82, 2.24) is 0 Å². The van der Waals surface area contributed by atoms with Crippen LogP contribution in [0.1, 0.15) is 87.0 Å². The molecular weight excluding hydrogens is 350 g/mol. The molecule has 0 heterocycles. The summed E-state index contributed by atoms with van der Waals surface area (Å²) in [5.74, 6) is -1.42. The Morgan fingerprint density at radius 3 is 1.96 bits per heavy atom. The first-order chi connectivity index (χ1) is 13.5. The molecule has 2 aromatic rings. The van der Waals surface area contributed by atoms with Crippen molar-refractivity contribution in [3.05, 3.63) is 70.8 Å². The first-order valence-corrected chi connectivity index (χ1v) is 11.1. The van der Waals surface area contributed by atoms with Gasteiger partial charge in [-0.1, -0.05) is 81.6 Å². The number of benzene rings is 2. The fourth-order valence-corrected chi connectivity index (χ4v) is 4.66. The lowest BCUT2D eigenvalue weighted by molar-refractivity contribution is -0.00385. The maximum atomic E-state index is 14.8. The molecule has 1 aliphatic carbocycles. The standard InChI is InChI=1S/C26H34F2/c1-3-5-20-7-9-22(10-8-20)19-26(27,28)25-17-15-24(16-18-25)23-13-11-21(6-4-2)12-14-23/h7-10,15-18,21,23H,3-6,11-14,19H2,1-2H3. The molecule has 0 atom stereocenters. The Hall–Kier alpha value is -1.70. The number of alkyl halides is 2. The summed E-state index contributed by atoms with van der Waals surface area (Å²) in [6, 6.07) is 14.8. The number of rotatable bonds is 8. The second kappa shape index (κ2) is 9.67. The molecular formula is C26H34F2. The van der Waals surface area contributed by atoms with Gasteiger partial charge < -0.3 is 0 Å². The Morgan fingerprint density at radius 2 is 1.39 bits per heavy atom. The third kappa shape index (κ3) is 5.43. The van der Waals surface area contributed by atoms with Gasteiger partial charge in [0.2, 0.25) is 0 Å². The summed E-state index contributed by atoms with van der Waals surface area (Å²) >= 11 is 0. The highest BCUT2D eigenvalue weighted by Gasteiger charge is 2.32. The van der Waals surface area contributed by atoms with Gasteiger partial charge in [-0.25, -0.2) is 8.78 Å². The lowest BCUT2D eigenvalue weighted by Gasteiger charge is -2.29. The predicted molar refractivity (Wildman–Crippen MR) is 114 cm³/mol. The highest BCUT2D eigenvalue weighted by molar-refractivity contribution is 5.31. The summed E-state index contributed by atoms with van der Waals surface area (Å²) < 4.78 is 29.6. The van der Waals surface area contributed by atoms with Gasteiger partial charge in [0, 0.05) is 12.0 Å². The second-order valence-electron chi connectivity index (χ2n) is 8.58.